The van der Waals surface area contributed by atoms with E-state index in [1.807, 2.05) is 0 Å². The highest BCUT2D eigenvalue weighted by Crippen LogP contribution is 2.12. The summed E-state index contributed by atoms with van der Waals surface area (Å²) in [4.78, 5) is 29.0. The first kappa shape index (κ1) is 11.4. The maximum Gasteiger partial charge on any atom is 0.252 e. The third kappa shape index (κ3) is 3.17. The molecule has 1 heterocycles. The van der Waals surface area contributed by atoms with Crippen molar-refractivity contribution in [2.45, 2.75) is 26.2 Å². The van der Waals surface area contributed by atoms with Gasteiger partial charge in [0.1, 0.15) is 0 Å². The molecule has 0 amide bonds. The maximum absolute atomic E-state index is 11.2. The van der Waals surface area contributed by atoms with Crippen molar-refractivity contribution >= 4 is 11.7 Å². The predicted octanol–water partition coefficient (Wildman–Crippen LogP) is 0.632. The predicted molar refractivity (Wildman–Crippen MR) is 63.3 cm³/mol. The Morgan fingerprint density at radius 3 is 2.82 bits per heavy atom. The number of ketones is 1. The number of carbonyl (C=O) groups is 1. The normalized spacial score (nSPS) is 15.4. The number of H-pyrrole nitrogens is 1. The Labute approximate surface area is 98.1 Å². The number of aromatic amines is 1. The first-order valence-corrected chi connectivity index (χ1v) is 5.47. The highest BCUT2D eigenvalue weighted by Gasteiger charge is 2.09. The second kappa shape index (κ2) is 4.82. The van der Waals surface area contributed by atoms with E-state index in [-0.39, 0.29) is 11.3 Å². The molecule has 90 valence electrons. The fourth-order valence-corrected chi connectivity index (χ4v) is 1.67. The van der Waals surface area contributed by atoms with Crippen molar-refractivity contribution in [3.63, 3.8) is 0 Å². The van der Waals surface area contributed by atoms with E-state index in [1.54, 1.807) is 13.0 Å². The van der Waals surface area contributed by atoms with Crippen LogP contribution >= 0.6 is 0 Å². The summed E-state index contributed by atoms with van der Waals surface area (Å²) in [5, 5.41) is 0. The SMILES string of the molecule is Cc1cc(=O)[nH]c(NNC2=CC(=O)CCC2)n1. The van der Waals surface area contributed by atoms with Gasteiger partial charge < -0.3 is 5.43 Å². The molecule has 0 radical (unpaired) electrons. The molecular weight excluding hydrogens is 220 g/mol. The number of aromatic nitrogens is 2. The lowest BCUT2D eigenvalue weighted by atomic mass is 10.0. The summed E-state index contributed by atoms with van der Waals surface area (Å²) in [5.74, 6) is 0.458. The van der Waals surface area contributed by atoms with E-state index in [9.17, 15) is 9.59 Å². The van der Waals surface area contributed by atoms with Crippen molar-refractivity contribution in [1.82, 2.24) is 15.4 Å². The van der Waals surface area contributed by atoms with Crippen LogP contribution in [0.4, 0.5) is 5.95 Å². The molecule has 0 saturated heterocycles. The molecule has 0 unspecified atom stereocenters. The molecular formula is C11H14N4O2. The van der Waals surface area contributed by atoms with Crippen molar-refractivity contribution in [3.8, 4) is 0 Å². The Balaban J connectivity index is 2.02. The highest BCUT2D eigenvalue weighted by atomic mass is 16.1. The molecule has 2 rings (SSSR count). The molecule has 1 aliphatic carbocycles. The number of hydrogen-bond donors (Lipinski definition) is 3. The molecule has 0 atom stereocenters. The minimum Gasteiger partial charge on any atom is -0.302 e. The molecule has 1 aliphatic rings. The van der Waals surface area contributed by atoms with Crippen LogP contribution < -0.4 is 16.4 Å². The van der Waals surface area contributed by atoms with Crippen LogP contribution in [0.3, 0.4) is 0 Å². The van der Waals surface area contributed by atoms with Gasteiger partial charge in [-0.2, -0.15) is 0 Å². The summed E-state index contributed by atoms with van der Waals surface area (Å²) in [6.45, 7) is 1.74. The molecule has 0 fully saturated rings. The molecule has 6 heteroatoms. The molecule has 6 nitrogen and oxygen atoms in total. The Morgan fingerprint density at radius 2 is 2.12 bits per heavy atom. The van der Waals surface area contributed by atoms with E-state index in [0.29, 0.717) is 18.1 Å². The van der Waals surface area contributed by atoms with Gasteiger partial charge in [-0.3, -0.25) is 20.0 Å². The Morgan fingerprint density at radius 1 is 1.29 bits per heavy atom. The Hall–Kier alpha value is -2.11. The largest absolute Gasteiger partial charge is 0.302 e. The first-order valence-electron chi connectivity index (χ1n) is 5.47. The van der Waals surface area contributed by atoms with Crippen LogP contribution in [0.2, 0.25) is 0 Å². The van der Waals surface area contributed by atoms with Gasteiger partial charge in [0.15, 0.2) is 5.78 Å². The zero-order valence-electron chi connectivity index (χ0n) is 9.54. The maximum atomic E-state index is 11.2. The molecule has 0 aromatic carbocycles. The van der Waals surface area contributed by atoms with E-state index in [1.165, 1.54) is 6.07 Å². The number of carbonyl (C=O) groups excluding carboxylic acids is 1. The number of anilines is 1. The van der Waals surface area contributed by atoms with Crippen LogP contribution in [-0.4, -0.2) is 15.8 Å². The lowest BCUT2D eigenvalue weighted by Crippen LogP contribution is -2.26. The molecule has 0 spiro atoms. The van der Waals surface area contributed by atoms with Crippen LogP contribution in [0.15, 0.2) is 22.6 Å². The minimum absolute atomic E-state index is 0.117. The lowest BCUT2D eigenvalue weighted by molar-refractivity contribution is -0.115. The summed E-state index contributed by atoms with van der Waals surface area (Å²) in [5.41, 5.74) is 6.89. The average Bonchev–Trinajstić information content (AvgIpc) is 2.25. The van der Waals surface area contributed by atoms with E-state index >= 15 is 0 Å². The van der Waals surface area contributed by atoms with Crippen molar-refractivity contribution in [2.24, 2.45) is 0 Å². The third-order valence-corrected chi connectivity index (χ3v) is 2.42. The molecule has 0 aliphatic heterocycles. The van der Waals surface area contributed by atoms with Crippen LogP contribution in [0.25, 0.3) is 0 Å². The van der Waals surface area contributed by atoms with Crippen molar-refractivity contribution in [1.29, 1.82) is 0 Å². The van der Waals surface area contributed by atoms with Crippen molar-refractivity contribution in [3.05, 3.63) is 33.9 Å². The summed E-state index contributed by atoms with van der Waals surface area (Å²) in [6, 6.07) is 1.41. The topological polar surface area (TPSA) is 86.9 Å². The molecule has 0 saturated carbocycles. The Kier molecular flexibility index (Phi) is 3.22. The van der Waals surface area contributed by atoms with Crippen LogP contribution in [0.5, 0.6) is 0 Å². The molecule has 1 aromatic heterocycles. The summed E-state index contributed by atoms with van der Waals surface area (Å²) in [7, 11) is 0. The Bertz CT molecular complexity index is 518. The molecule has 17 heavy (non-hydrogen) atoms. The number of nitrogens with one attached hydrogen (secondary N) is 3. The van der Waals surface area contributed by atoms with Gasteiger partial charge in [0.2, 0.25) is 5.95 Å². The monoisotopic (exact) mass is 234 g/mol. The summed E-state index contributed by atoms with van der Waals surface area (Å²) in [6.07, 6.45) is 3.83. The van der Waals surface area contributed by atoms with E-state index in [2.05, 4.69) is 20.8 Å². The van der Waals surface area contributed by atoms with Crippen LogP contribution in [0, 0.1) is 6.92 Å². The van der Waals surface area contributed by atoms with E-state index in [4.69, 9.17) is 0 Å². The third-order valence-electron chi connectivity index (χ3n) is 2.42. The van der Waals surface area contributed by atoms with Crippen molar-refractivity contribution < 1.29 is 4.79 Å². The van der Waals surface area contributed by atoms with Gasteiger partial charge in [-0.05, 0) is 19.8 Å². The van der Waals surface area contributed by atoms with E-state index in [0.717, 1.165) is 18.5 Å². The molecule has 3 N–H and O–H groups in total. The van der Waals surface area contributed by atoms with Gasteiger partial charge >= 0.3 is 0 Å². The van der Waals surface area contributed by atoms with E-state index < -0.39 is 0 Å². The number of aryl methyl sites for hydroxylation is 1. The van der Waals surface area contributed by atoms with Gasteiger partial charge in [-0.15, -0.1) is 0 Å². The summed E-state index contributed by atoms with van der Waals surface area (Å²) < 4.78 is 0. The quantitative estimate of drug-likeness (QED) is 0.668. The average molecular weight is 234 g/mol. The molecule has 1 aromatic rings. The standard InChI is InChI=1S/C11H14N4O2/c1-7-5-10(17)13-11(12-7)15-14-8-3-2-4-9(16)6-8/h5-6,14H,2-4H2,1H3,(H2,12,13,15,17). The second-order valence-corrected chi connectivity index (χ2v) is 3.97. The minimum atomic E-state index is -0.212. The van der Waals surface area contributed by atoms with Crippen LogP contribution in [-0.2, 0) is 4.79 Å². The zero-order chi connectivity index (χ0) is 12.3. The fourth-order valence-electron chi connectivity index (χ4n) is 1.67. The number of hydrogen-bond acceptors (Lipinski definition) is 5. The second-order valence-electron chi connectivity index (χ2n) is 3.97. The van der Waals surface area contributed by atoms with Gasteiger partial charge in [0, 0.05) is 30.0 Å². The fraction of sp³-hybridized carbons (Fsp3) is 0.364. The lowest BCUT2D eigenvalue weighted by Gasteiger charge is -2.15. The number of rotatable bonds is 3. The van der Waals surface area contributed by atoms with Gasteiger partial charge in [-0.25, -0.2) is 4.98 Å². The smallest absolute Gasteiger partial charge is 0.252 e. The number of hydrazine groups is 1. The van der Waals surface area contributed by atoms with Gasteiger partial charge in [-0.1, -0.05) is 0 Å². The van der Waals surface area contributed by atoms with Gasteiger partial charge in [0.05, 0.1) is 0 Å². The number of nitrogens with zero attached hydrogens (tertiary/aromatic N) is 1. The summed E-state index contributed by atoms with van der Waals surface area (Å²) >= 11 is 0. The van der Waals surface area contributed by atoms with Crippen molar-refractivity contribution in [2.75, 3.05) is 5.43 Å². The molecule has 0 bridgehead atoms. The first-order chi connectivity index (χ1) is 8.13. The number of allylic oxidation sites excluding steroid dienone is 2. The van der Waals surface area contributed by atoms with Gasteiger partial charge in [0.25, 0.3) is 5.56 Å². The van der Waals surface area contributed by atoms with Crippen LogP contribution in [0.1, 0.15) is 25.0 Å². The highest BCUT2D eigenvalue weighted by molar-refractivity contribution is 5.91. The zero-order valence-corrected chi connectivity index (χ0v) is 9.54.